The lowest BCUT2D eigenvalue weighted by Gasteiger charge is -2.13. The minimum atomic E-state index is -4.47. The van der Waals surface area contributed by atoms with Gasteiger partial charge in [-0.15, -0.1) is 0 Å². The first-order chi connectivity index (χ1) is 6.36. The van der Waals surface area contributed by atoms with Gasteiger partial charge in [0.15, 0.2) is 0 Å². The lowest BCUT2D eigenvalue weighted by atomic mass is 10.2. The summed E-state index contributed by atoms with van der Waals surface area (Å²) < 4.78 is 42.2. The number of halogens is 5. The van der Waals surface area contributed by atoms with Crippen molar-refractivity contribution in [3.8, 4) is 5.75 Å². The summed E-state index contributed by atoms with van der Waals surface area (Å²) >= 11 is 8.51. The molecule has 0 N–H and O–H groups in total. The summed E-state index contributed by atoms with van der Waals surface area (Å²) in [4.78, 5) is 0. The van der Waals surface area contributed by atoms with Crippen LogP contribution in [-0.4, -0.2) is 7.11 Å². The molecule has 14 heavy (non-hydrogen) atoms. The number of benzene rings is 1. The van der Waals surface area contributed by atoms with Gasteiger partial charge >= 0.3 is 6.18 Å². The summed E-state index contributed by atoms with van der Waals surface area (Å²) in [5, 5.41) is -0.0748. The second-order valence-electron chi connectivity index (χ2n) is 2.47. The van der Waals surface area contributed by atoms with Gasteiger partial charge in [0.05, 0.1) is 12.1 Å². The van der Waals surface area contributed by atoms with Crippen LogP contribution >= 0.6 is 27.5 Å². The van der Waals surface area contributed by atoms with Gasteiger partial charge in [0, 0.05) is 4.47 Å². The number of ether oxygens (including phenoxy) is 1. The topological polar surface area (TPSA) is 9.23 Å². The lowest BCUT2D eigenvalue weighted by Crippen LogP contribution is -2.07. The SMILES string of the molecule is COc1c(Cl)cc(Br)cc1C(F)(F)F. The zero-order chi connectivity index (χ0) is 10.9. The fraction of sp³-hybridized carbons (Fsp3) is 0.250. The molecular weight excluding hydrogens is 284 g/mol. The summed E-state index contributed by atoms with van der Waals surface area (Å²) in [6.45, 7) is 0. The quantitative estimate of drug-likeness (QED) is 0.755. The zero-order valence-corrected chi connectivity index (χ0v) is 9.29. The van der Waals surface area contributed by atoms with Crippen LogP contribution in [0.2, 0.25) is 5.02 Å². The van der Waals surface area contributed by atoms with Crippen LogP contribution in [0.1, 0.15) is 5.56 Å². The molecule has 0 aliphatic carbocycles. The van der Waals surface area contributed by atoms with E-state index in [2.05, 4.69) is 20.7 Å². The van der Waals surface area contributed by atoms with E-state index < -0.39 is 11.7 Å². The van der Waals surface area contributed by atoms with E-state index in [1.54, 1.807) is 0 Å². The van der Waals surface area contributed by atoms with Gasteiger partial charge in [-0.05, 0) is 12.1 Å². The molecule has 0 fully saturated rings. The summed E-state index contributed by atoms with van der Waals surface area (Å²) in [6.07, 6.45) is -4.47. The summed E-state index contributed by atoms with van der Waals surface area (Å²) in [7, 11) is 1.14. The summed E-state index contributed by atoms with van der Waals surface area (Å²) in [5.41, 5.74) is -0.889. The van der Waals surface area contributed by atoms with Crippen molar-refractivity contribution in [1.82, 2.24) is 0 Å². The van der Waals surface area contributed by atoms with Gasteiger partial charge in [-0.25, -0.2) is 0 Å². The van der Waals surface area contributed by atoms with Crippen LogP contribution in [0.4, 0.5) is 13.2 Å². The molecule has 0 aromatic heterocycles. The number of methoxy groups -OCH3 is 1. The molecule has 0 unspecified atom stereocenters. The minimum absolute atomic E-state index is 0.0748. The normalized spacial score (nSPS) is 11.6. The van der Waals surface area contributed by atoms with Crippen molar-refractivity contribution in [1.29, 1.82) is 0 Å². The van der Waals surface area contributed by atoms with Crippen LogP contribution in [0.3, 0.4) is 0 Å². The molecule has 0 aliphatic rings. The Hall–Kier alpha value is -0.420. The molecule has 0 aliphatic heterocycles. The van der Waals surface area contributed by atoms with Gasteiger partial charge in [-0.1, -0.05) is 27.5 Å². The Morgan fingerprint density at radius 2 is 1.93 bits per heavy atom. The van der Waals surface area contributed by atoms with E-state index in [1.165, 1.54) is 6.07 Å². The summed E-state index contributed by atoms with van der Waals surface area (Å²) in [5.74, 6) is -0.359. The number of hydrogen-bond acceptors (Lipinski definition) is 1. The molecule has 0 saturated heterocycles. The Labute approximate surface area is 91.9 Å². The first-order valence-electron chi connectivity index (χ1n) is 3.46. The Kier molecular flexibility index (Phi) is 3.32. The highest BCUT2D eigenvalue weighted by Gasteiger charge is 2.35. The third kappa shape index (κ3) is 2.33. The molecule has 0 saturated carbocycles. The average Bonchev–Trinajstić information content (AvgIpc) is 2.01. The van der Waals surface area contributed by atoms with Crippen molar-refractivity contribution in [2.45, 2.75) is 6.18 Å². The lowest BCUT2D eigenvalue weighted by molar-refractivity contribution is -0.138. The first-order valence-corrected chi connectivity index (χ1v) is 4.63. The fourth-order valence-corrected chi connectivity index (χ4v) is 1.86. The van der Waals surface area contributed by atoms with Crippen LogP contribution in [0.15, 0.2) is 16.6 Å². The molecule has 0 amide bonds. The molecule has 1 rings (SSSR count). The molecule has 78 valence electrons. The molecule has 0 spiro atoms. The van der Waals surface area contributed by atoms with E-state index in [0.29, 0.717) is 0 Å². The Balaban J connectivity index is 3.40. The maximum absolute atomic E-state index is 12.4. The van der Waals surface area contributed by atoms with Crippen LogP contribution in [-0.2, 0) is 6.18 Å². The molecule has 0 atom stereocenters. The van der Waals surface area contributed by atoms with E-state index in [0.717, 1.165) is 13.2 Å². The van der Waals surface area contributed by atoms with Crippen molar-refractivity contribution in [3.63, 3.8) is 0 Å². The molecule has 0 radical (unpaired) electrons. The van der Waals surface area contributed by atoms with E-state index in [-0.39, 0.29) is 15.2 Å². The van der Waals surface area contributed by atoms with Gasteiger partial charge in [0.2, 0.25) is 0 Å². The van der Waals surface area contributed by atoms with Crippen molar-refractivity contribution >= 4 is 27.5 Å². The molecular formula is C8H5BrClF3O. The van der Waals surface area contributed by atoms with E-state index in [9.17, 15) is 13.2 Å². The van der Waals surface area contributed by atoms with Gasteiger partial charge < -0.3 is 4.74 Å². The van der Waals surface area contributed by atoms with E-state index >= 15 is 0 Å². The fourth-order valence-electron chi connectivity index (χ4n) is 0.978. The van der Waals surface area contributed by atoms with Crippen LogP contribution in [0, 0.1) is 0 Å². The predicted molar refractivity (Wildman–Crippen MR) is 50.7 cm³/mol. The summed E-state index contributed by atoms with van der Waals surface area (Å²) in [6, 6.07) is 2.26. The highest BCUT2D eigenvalue weighted by molar-refractivity contribution is 9.10. The highest BCUT2D eigenvalue weighted by atomic mass is 79.9. The maximum atomic E-state index is 12.4. The Bertz CT molecular complexity index is 351. The Morgan fingerprint density at radius 3 is 2.36 bits per heavy atom. The molecule has 0 heterocycles. The monoisotopic (exact) mass is 288 g/mol. The van der Waals surface area contributed by atoms with Gasteiger partial charge in [-0.3, -0.25) is 0 Å². The van der Waals surface area contributed by atoms with Crippen molar-refractivity contribution in [3.05, 3.63) is 27.2 Å². The van der Waals surface area contributed by atoms with Crippen LogP contribution in [0.25, 0.3) is 0 Å². The zero-order valence-electron chi connectivity index (χ0n) is 6.95. The molecule has 1 aromatic carbocycles. The molecule has 0 bridgehead atoms. The molecule has 1 aromatic rings. The third-order valence-corrected chi connectivity index (χ3v) is 2.26. The standard InChI is InChI=1S/C8H5BrClF3O/c1-14-7-5(8(11,12)13)2-4(9)3-6(7)10/h2-3H,1H3. The highest BCUT2D eigenvalue weighted by Crippen LogP contribution is 2.41. The van der Waals surface area contributed by atoms with Crippen molar-refractivity contribution in [2.75, 3.05) is 7.11 Å². The predicted octanol–water partition coefficient (Wildman–Crippen LogP) is 4.13. The number of rotatable bonds is 1. The van der Waals surface area contributed by atoms with E-state index in [4.69, 9.17) is 11.6 Å². The smallest absolute Gasteiger partial charge is 0.420 e. The van der Waals surface area contributed by atoms with Crippen molar-refractivity contribution in [2.24, 2.45) is 0 Å². The van der Waals surface area contributed by atoms with Crippen LogP contribution < -0.4 is 4.74 Å². The maximum Gasteiger partial charge on any atom is 0.420 e. The largest absolute Gasteiger partial charge is 0.495 e. The number of alkyl halides is 3. The van der Waals surface area contributed by atoms with Gasteiger partial charge in [-0.2, -0.15) is 13.2 Å². The number of hydrogen-bond donors (Lipinski definition) is 0. The van der Waals surface area contributed by atoms with E-state index in [1.807, 2.05) is 0 Å². The second-order valence-corrected chi connectivity index (χ2v) is 3.79. The van der Waals surface area contributed by atoms with Crippen molar-refractivity contribution < 1.29 is 17.9 Å². The third-order valence-electron chi connectivity index (χ3n) is 1.52. The molecule has 6 heteroatoms. The minimum Gasteiger partial charge on any atom is -0.495 e. The van der Waals surface area contributed by atoms with Crippen LogP contribution in [0.5, 0.6) is 5.75 Å². The second kappa shape index (κ2) is 3.98. The van der Waals surface area contributed by atoms with Gasteiger partial charge in [0.25, 0.3) is 0 Å². The Morgan fingerprint density at radius 1 is 1.36 bits per heavy atom. The first kappa shape index (κ1) is 11.7. The molecule has 1 nitrogen and oxygen atoms in total. The average molecular weight is 289 g/mol. The van der Waals surface area contributed by atoms with Gasteiger partial charge in [0.1, 0.15) is 11.3 Å².